The molecule has 2 aromatic heterocycles. The monoisotopic (exact) mass is 617 g/mol. The lowest BCUT2D eigenvalue weighted by atomic mass is 9.85. The first-order valence-corrected chi connectivity index (χ1v) is 15.6. The van der Waals surface area contributed by atoms with E-state index in [4.69, 9.17) is 15.2 Å². The molecule has 0 unspecified atom stereocenters. The SMILES string of the molecule is Nc1nc(OCc2ccc(CNC(=O)[C@H]3CC[C@H](NC(=O)OCC4c5ccccc5-c5ccccc54)CC3)cc2)c2nc[nH]c2n1. The number of nitrogen functional groups attached to an aromatic ring is 1. The van der Waals surface area contributed by atoms with Crippen molar-refractivity contribution in [2.45, 2.75) is 50.8 Å². The smallest absolute Gasteiger partial charge is 0.407 e. The summed E-state index contributed by atoms with van der Waals surface area (Å²) in [5, 5.41) is 6.09. The van der Waals surface area contributed by atoms with Crippen molar-refractivity contribution < 1.29 is 19.1 Å². The summed E-state index contributed by atoms with van der Waals surface area (Å²) in [5.41, 5.74) is 13.5. The topological polar surface area (TPSA) is 157 Å². The van der Waals surface area contributed by atoms with Gasteiger partial charge in [-0.25, -0.2) is 9.78 Å². The Hall–Kier alpha value is -5.45. The van der Waals surface area contributed by atoms with Crippen molar-refractivity contribution in [3.05, 3.63) is 101 Å². The number of nitrogens with two attached hydrogens (primary N) is 1. The van der Waals surface area contributed by atoms with Gasteiger partial charge in [-0.05, 0) is 59.1 Å². The van der Waals surface area contributed by atoms with Gasteiger partial charge in [0.15, 0.2) is 11.2 Å². The number of aromatic amines is 1. The van der Waals surface area contributed by atoms with E-state index in [0.717, 1.165) is 24.0 Å². The summed E-state index contributed by atoms with van der Waals surface area (Å²) in [4.78, 5) is 41.0. The lowest BCUT2D eigenvalue weighted by Crippen LogP contribution is -2.41. The standard InChI is InChI=1S/C35H35N7O4/c36-34-41-31-30(38-20-39-31)33(42-34)45-18-22-11-9-21(10-12-22)17-37-32(43)23-13-15-24(16-14-23)40-35(44)46-19-29-27-7-3-1-5-25(27)26-6-2-4-8-28(26)29/h1-12,20,23-24,29H,13-19H2,(H,37,43)(H,40,44)(H3,36,38,39,41,42)/t23-,24-. The Morgan fingerprint density at radius 3 is 2.26 bits per heavy atom. The molecular formula is C35H35N7O4. The molecule has 1 fully saturated rings. The van der Waals surface area contributed by atoms with E-state index in [9.17, 15) is 9.59 Å². The third kappa shape index (κ3) is 6.21. The fraction of sp³-hybridized carbons (Fsp3) is 0.286. The first-order chi connectivity index (χ1) is 22.5. The van der Waals surface area contributed by atoms with Gasteiger partial charge in [-0.2, -0.15) is 9.97 Å². The van der Waals surface area contributed by atoms with Gasteiger partial charge in [0.1, 0.15) is 13.2 Å². The summed E-state index contributed by atoms with van der Waals surface area (Å²) in [6, 6.07) is 24.4. The van der Waals surface area contributed by atoms with Gasteiger partial charge in [-0.15, -0.1) is 0 Å². The highest BCUT2D eigenvalue weighted by Gasteiger charge is 2.30. The van der Waals surface area contributed by atoms with E-state index in [2.05, 4.69) is 54.8 Å². The number of anilines is 1. The van der Waals surface area contributed by atoms with Crippen LogP contribution >= 0.6 is 0 Å². The van der Waals surface area contributed by atoms with Crippen molar-refractivity contribution >= 4 is 29.1 Å². The van der Waals surface area contributed by atoms with Crippen LogP contribution in [0, 0.1) is 5.92 Å². The molecule has 11 heteroatoms. The van der Waals surface area contributed by atoms with E-state index in [1.807, 2.05) is 48.5 Å². The van der Waals surface area contributed by atoms with Crippen molar-refractivity contribution in [2.24, 2.45) is 5.92 Å². The number of rotatable bonds is 9. The Bertz CT molecular complexity index is 1820. The summed E-state index contributed by atoms with van der Waals surface area (Å²) < 4.78 is 11.6. The average Bonchev–Trinajstić information content (AvgIpc) is 3.68. The van der Waals surface area contributed by atoms with E-state index in [-0.39, 0.29) is 36.3 Å². The predicted molar refractivity (Wildman–Crippen MR) is 173 cm³/mol. The number of hydrogen-bond donors (Lipinski definition) is 4. The van der Waals surface area contributed by atoms with Crippen molar-refractivity contribution in [3.63, 3.8) is 0 Å². The Labute approximate surface area is 266 Å². The number of carbonyl (C=O) groups is 2. The molecule has 3 aromatic carbocycles. The van der Waals surface area contributed by atoms with Gasteiger partial charge < -0.3 is 30.8 Å². The first kappa shape index (κ1) is 29.3. The van der Waals surface area contributed by atoms with E-state index < -0.39 is 6.09 Å². The van der Waals surface area contributed by atoms with Crippen molar-refractivity contribution in [2.75, 3.05) is 12.3 Å². The normalized spacial score (nSPS) is 17.2. The lowest BCUT2D eigenvalue weighted by molar-refractivity contribution is -0.126. The Morgan fingerprint density at radius 2 is 1.54 bits per heavy atom. The first-order valence-electron chi connectivity index (χ1n) is 15.6. The molecule has 0 spiro atoms. The second-order valence-corrected chi connectivity index (χ2v) is 11.8. The maximum atomic E-state index is 12.9. The molecule has 0 saturated heterocycles. The number of amides is 2. The summed E-state index contributed by atoms with van der Waals surface area (Å²) in [6.45, 7) is 1.02. The number of fused-ring (bicyclic) bond motifs is 4. The number of H-pyrrole nitrogens is 1. The third-order valence-electron chi connectivity index (χ3n) is 8.89. The van der Waals surface area contributed by atoms with Crippen LogP contribution in [0.4, 0.5) is 10.7 Å². The van der Waals surface area contributed by atoms with Crippen LogP contribution < -0.4 is 21.1 Å². The number of alkyl carbamates (subject to hydrolysis) is 1. The second-order valence-electron chi connectivity index (χ2n) is 11.8. The maximum absolute atomic E-state index is 12.9. The van der Waals surface area contributed by atoms with Crippen molar-refractivity contribution in [3.8, 4) is 17.0 Å². The highest BCUT2D eigenvalue weighted by Crippen LogP contribution is 2.44. The molecule has 1 saturated carbocycles. The maximum Gasteiger partial charge on any atom is 0.407 e. The minimum atomic E-state index is -0.404. The zero-order valence-electron chi connectivity index (χ0n) is 25.2. The summed E-state index contributed by atoms with van der Waals surface area (Å²) in [7, 11) is 0. The van der Waals surface area contributed by atoms with E-state index in [1.165, 1.54) is 28.6 Å². The van der Waals surface area contributed by atoms with Crippen LogP contribution in [0.5, 0.6) is 5.88 Å². The minimum absolute atomic E-state index is 0.00243. The average molecular weight is 618 g/mol. The molecule has 0 atom stereocenters. The summed E-state index contributed by atoms with van der Waals surface area (Å²) in [6.07, 6.45) is 4.02. The molecule has 2 aliphatic rings. The van der Waals surface area contributed by atoms with Gasteiger partial charge in [-0.1, -0.05) is 72.8 Å². The number of nitrogens with zero attached hydrogens (tertiary/aromatic N) is 3. The quantitative estimate of drug-likeness (QED) is 0.175. The number of ether oxygens (including phenoxy) is 2. The number of aromatic nitrogens is 4. The summed E-state index contributed by atoms with van der Waals surface area (Å²) >= 11 is 0. The molecule has 2 amide bonds. The van der Waals surface area contributed by atoms with Crippen LogP contribution in [0.2, 0.25) is 0 Å². The molecule has 0 radical (unpaired) electrons. The Kier molecular flexibility index (Phi) is 8.20. The lowest BCUT2D eigenvalue weighted by Gasteiger charge is -2.28. The van der Waals surface area contributed by atoms with E-state index in [1.54, 1.807) is 0 Å². The Balaban J connectivity index is 0.833. The molecule has 2 aliphatic carbocycles. The highest BCUT2D eigenvalue weighted by molar-refractivity contribution is 5.80. The van der Waals surface area contributed by atoms with Gasteiger partial charge in [-0.3, -0.25) is 4.79 Å². The number of carbonyl (C=O) groups excluding carboxylic acids is 2. The molecule has 5 N–H and O–H groups in total. The van der Waals surface area contributed by atoms with Crippen molar-refractivity contribution in [1.29, 1.82) is 0 Å². The number of benzene rings is 3. The molecule has 234 valence electrons. The number of hydrogen-bond acceptors (Lipinski definition) is 8. The van der Waals surface area contributed by atoms with Gasteiger partial charge in [0, 0.05) is 24.4 Å². The van der Waals surface area contributed by atoms with Crippen LogP contribution in [0.25, 0.3) is 22.3 Å². The van der Waals surface area contributed by atoms with Gasteiger partial charge >= 0.3 is 6.09 Å². The molecule has 7 rings (SSSR count). The van der Waals surface area contributed by atoms with E-state index >= 15 is 0 Å². The van der Waals surface area contributed by atoms with Gasteiger partial charge in [0.2, 0.25) is 17.7 Å². The van der Waals surface area contributed by atoms with Crippen LogP contribution in [-0.4, -0.2) is 44.6 Å². The molecule has 0 aliphatic heterocycles. The van der Waals surface area contributed by atoms with Crippen LogP contribution in [0.1, 0.15) is 53.9 Å². The predicted octanol–water partition coefficient (Wildman–Crippen LogP) is 5.23. The molecule has 5 aromatic rings. The van der Waals surface area contributed by atoms with E-state index in [0.29, 0.717) is 43.0 Å². The van der Waals surface area contributed by atoms with Crippen LogP contribution in [-0.2, 0) is 22.7 Å². The third-order valence-corrected chi connectivity index (χ3v) is 8.89. The number of nitrogens with one attached hydrogen (secondary N) is 3. The molecule has 46 heavy (non-hydrogen) atoms. The number of imidazole rings is 1. The highest BCUT2D eigenvalue weighted by atomic mass is 16.5. The molecule has 0 bridgehead atoms. The van der Waals surface area contributed by atoms with Crippen LogP contribution in [0.15, 0.2) is 79.1 Å². The fourth-order valence-electron chi connectivity index (χ4n) is 6.47. The molecule has 11 nitrogen and oxygen atoms in total. The fourth-order valence-corrected chi connectivity index (χ4v) is 6.47. The minimum Gasteiger partial charge on any atom is -0.471 e. The summed E-state index contributed by atoms with van der Waals surface area (Å²) in [5.74, 6) is 0.421. The zero-order chi connectivity index (χ0) is 31.5. The van der Waals surface area contributed by atoms with Crippen LogP contribution in [0.3, 0.4) is 0 Å². The van der Waals surface area contributed by atoms with Gasteiger partial charge in [0.25, 0.3) is 0 Å². The van der Waals surface area contributed by atoms with Gasteiger partial charge in [0.05, 0.1) is 6.33 Å². The second kappa shape index (κ2) is 12.9. The Morgan fingerprint density at radius 1 is 0.870 bits per heavy atom. The zero-order valence-corrected chi connectivity index (χ0v) is 25.2. The largest absolute Gasteiger partial charge is 0.471 e. The molecular weight excluding hydrogens is 582 g/mol. The molecule has 2 heterocycles. The van der Waals surface area contributed by atoms with Crippen molar-refractivity contribution in [1.82, 2.24) is 30.6 Å².